The molecule has 2 aliphatic heterocycles. The molecule has 232 valence electrons. The highest BCUT2D eigenvalue weighted by atomic mass is 32.2. The molecule has 8 nitrogen and oxygen atoms in total. The lowest BCUT2D eigenvalue weighted by Crippen LogP contribution is -2.46. The van der Waals surface area contributed by atoms with Crippen LogP contribution in [0.25, 0.3) is 22.1 Å². The van der Waals surface area contributed by atoms with Crippen molar-refractivity contribution in [3.05, 3.63) is 63.8 Å². The van der Waals surface area contributed by atoms with Gasteiger partial charge in [-0.2, -0.15) is 13.2 Å². The van der Waals surface area contributed by atoms with Gasteiger partial charge in [-0.15, -0.1) is 6.42 Å². The lowest BCUT2D eigenvalue weighted by molar-refractivity contribution is -0.144. The molecule has 1 unspecified atom stereocenters. The summed E-state index contributed by atoms with van der Waals surface area (Å²) in [6, 6.07) is 8.75. The molecule has 2 atom stereocenters. The molecule has 2 saturated heterocycles. The van der Waals surface area contributed by atoms with E-state index in [2.05, 4.69) is 34.2 Å². The predicted molar refractivity (Wildman–Crippen MR) is 165 cm³/mol. The lowest BCUT2D eigenvalue weighted by Gasteiger charge is -2.41. The Balaban J connectivity index is 0.000000187. The molecule has 0 spiro atoms. The van der Waals surface area contributed by atoms with Gasteiger partial charge >= 0.3 is 6.18 Å². The molecule has 0 radical (unpaired) electrons. The smallest absolute Gasteiger partial charge is 0.451 e. The lowest BCUT2D eigenvalue weighted by atomic mass is 9.73. The minimum atomic E-state index is -4.58. The quantitative estimate of drug-likeness (QED) is 0.267. The van der Waals surface area contributed by atoms with E-state index in [1.165, 1.54) is 6.11 Å². The summed E-state index contributed by atoms with van der Waals surface area (Å²) in [7, 11) is -0.837. The van der Waals surface area contributed by atoms with E-state index in [-0.39, 0.29) is 27.1 Å². The third kappa shape index (κ3) is 6.76. The number of rotatable bonds is 2. The summed E-state index contributed by atoms with van der Waals surface area (Å²) in [6.07, 6.45) is 11.1. The number of fused-ring (bicyclic) bond motifs is 3. The zero-order valence-electron chi connectivity index (χ0n) is 24.6. The van der Waals surface area contributed by atoms with Crippen molar-refractivity contribution in [3.8, 4) is 24.9 Å². The maximum absolute atomic E-state index is 13.1. The van der Waals surface area contributed by atoms with Crippen LogP contribution >= 0.6 is 0 Å². The van der Waals surface area contributed by atoms with Gasteiger partial charge in [0.25, 0.3) is 5.56 Å². The van der Waals surface area contributed by atoms with Crippen LogP contribution in [0.2, 0.25) is 0 Å². The number of nitrogens with zero attached hydrogens (tertiary/aromatic N) is 3. The normalized spacial score (nSPS) is 21.0. The van der Waals surface area contributed by atoms with E-state index in [4.69, 9.17) is 15.9 Å². The van der Waals surface area contributed by atoms with Crippen molar-refractivity contribution in [2.24, 2.45) is 0 Å². The maximum Gasteiger partial charge on any atom is 0.451 e. The van der Waals surface area contributed by atoms with Gasteiger partial charge in [-0.1, -0.05) is 31.4 Å². The van der Waals surface area contributed by atoms with Crippen molar-refractivity contribution < 1.29 is 26.9 Å². The number of aromatic amines is 1. The third-order valence-corrected chi connectivity index (χ3v) is 9.80. The van der Waals surface area contributed by atoms with E-state index in [1.807, 2.05) is 18.7 Å². The molecule has 3 aromatic heterocycles. The molecule has 0 bridgehead atoms. The molecule has 0 aliphatic carbocycles. The van der Waals surface area contributed by atoms with Gasteiger partial charge in [0.15, 0.2) is 11.4 Å². The first kappa shape index (κ1) is 32.6. The zero-order chi connectivity index (χ0) is 32.3. The molecular weight excluding hydrogens is 593 g/mol. The number of anilines is 1. The van der Waals surface area contributed by atoms with Crippen LogP contribution in [0, 0.1) is 24.9 Å². The number of aliphatic hydroxyl groups is 1. The number of halogens is 3. The largest absolute Gasteiger partial charge is 0.462 e. The standard InChI is InChI=1S/C15H12F3N3O.C15H19NO2S.C2H2O/c16-15(17,18)14-19-11-9-5-1-2-6-10(9)22-12(11)13(20-14)21-7-3-4-8-21;1-5-11-8-12(13(17)16-9-11)15(4)6-7-19(18)14(2,3)10-15;1-2-3/h1-2,5-6H,3-4,7-8H2;1,8-9H,6-7,10H2,2-4H3,(H,16,17);1,3H/t;15-,19?;/m.1./s1. The first-order valence-electron chi connectivity index (χ1n) is 13.9. The molecule has 44 heavy (non-hydrogen) atoms. The van der Waals surface area contributed by atoms with Crippen molar-refractivity contribution in [1.82, 2.24) is 15.0 Å². The topological polar surface area (TPSA) is 112 Å². The monoisotopic (exact) mass is 626 g/mol. The maximum atomic E-state index is 13.1. The second-order valence-electron chi connectivity index (χ2n) is 11.5. The summed E-state index contributed by atoms with van der Waals surface area (Å²) in [4.78, 5) is 24.1. The van der Waals surface area contributed by atoms with Crippen LogP contribution < -0.4 is 10.5 Å². The number of pyridine rings is 1. The van der Waals surface area contributed by atoms with E-state index in [0.717, 1.165) is 25.7 Å². The second-order valence-corrected chi connectivity index (χ2v) is 13.7. The number of H-pyrrole nitrogens is 1. The highest BCUT2D eigenvalue weighted by Gasteiger charge is 2.43. The van der Waals surface area contributed by atoms with Crippen LogP contribution in [0.5, 0.6) is 0 Å². The predicted octanol–water partition coefficient (Wildman–Crippen LogP) is 5.88. The fraction of sp³-hybridized carbons (Fsp3) is 0.406. The average molecular weight is 627 g/mol. The Bertz CT molecular complexity index is 1830. The van der Waals surface area contributed by atoms with Gasteiger partial charge in [-0.3, -0.25) is 9.00 Å². The molecule has 2 N–H and O–H groups in total. The van der Waals surface area contributed by atoms with Crippen LogP contribution in [-0.4, -0.2) is 47.9 Å². The Morgan fingerprint density at radius 1 is 1.14 bits per heavy atom. The molecule has 12 heteroatoms. The van der Waals surface area contributed by atoms with Gasteiger partial charge in [-0.25, -0.2) is 9.97 Å². The Labute approximate surface area is 255 Å². The fourth-order valence-corrected chi connectivity index (χ4v) is 7.46. The van der Waals surface area contributed by atoms with Crippen molar-refractivity contribution >= 4 is 38.7 Å². The number of hydrogen-bond donors (Lipinski definition) is 2. The molecular formula is C32H33F3N4O4S. The minimum Gasteiger partial charge on any atom is -0.462 e. The van der Waals surface area contributed by atoms with Crippen LogP contribution in [0.15, 0.2) is 45.7 Å². The van der Waals surface area contributed by atoms with Gasteiger partial charge < -0.3 is 19.4 Å². The molecule has 0 saturated carbocycles. The number of para-hydroxylation sites is 1. The average Bonchev–Trinajstić information content (AvgIpc) is 3.64. The second kappa shape index (κ2) is 12.7. The molecule has 5 heterocycles. The van der Waals surface area contributed by atoms with E-state index in [0.29, 0.717) is 46.5 Å². The summed E-state index contributed by atoms with van der Waals surface area (Å²) in [6.45, 7) is 7.43. The minimum absolute atomic E-state index is 0.0926. The molecule has 4 aromatic rings. The van der Waals surface area contributed by atoms with Gasteiger partial charge in [0.05, 0.1) is 0 Å². The van der Waals surface area contributed by atoms with Gasteiger partial charge in [-0.05, 0) is 57.7 Å². The van der Waals surface area contributed by atoms with Crippen LogP contribution in [-0.2, 0) is 22.4 Å². The number of benzene rings is 1. The summed E-state index contributed by atoms with van der Waals surface area (Å²) < 4.78 is 56.8. The number of alkyl halides is 3. The molecule has 6 rings (SSSR count). The number of aromatic nitrogens is 3. The third-order valence-electron chi connectivity index (χ3n) is 7.85. The first-order valence-corrected chi connectivity index (χ1v) is 15.3. The summed E-state index contributed by atoms with van der Waals surface area (Å²) in [5.41, 5.74) is 2.11. The molecule has 0 amide bonds. The van der Waals surface area contributed by atoms with Crippen LogP contribution in [0.4, 0.5) is 19.0 Å². The molecule has 1 aromatic carbocycles. The number of nitrogens with one attached hydrogen (secondary N) is 1. The first-order chi connectivity index (χ1) is 20.7. The number of terminal acetylenes is 2. The van der Waals surface area contributed by atoms with E-state index < -0.39 is 22.8 Å². The SMILES string of the molecule is C#CO.C#Cc1c[nH]c(=O)c([C@]2(C)CCS(=O)C(C)(C)C2)c1.FC(F)(F)c1nc(N2CCCC2)c2oc3ccccc3c2n1. The van der Waals surface area contributed by atoms with Crippen LogP contribution in [0.3, 0.4) is 0 Å². The van der Waals surface area contributed by atoms with Crippen molar-refractivity contribution in [2.75, 3.05) is 23.7 Å². The number of hydrogen-bond acceptors (Lipinski definition) is 7. The van der Waals surface area contributed by atoms with Gasteiger partial charge in [0, 0.05) is 62.5 Å². The van der Waals surface area contributed by atoms with Gasteiger partial charge in [0.2, 0.25) is 5.82 Å². The van der Waals surface area contributed by atoms with Crippen molar-refractivity contribution in [1.29, 1.82) is 0 Å². The Morgan fingerprint density at radius 3 is 2.41 bits per heavy atom. The Morgan fingerprint density at radius 2 is 1.80 bits per heavy atom. The summed E-state index contributed by atoms with van der Waals surface area (Å²) >= 11 is 0. The van der Waals surface area contributed by atoms with Gasteiger partial charge in [0.1, 0.15) is 17.2 Å². The summed E-state index contributed by atoms with van der Waals surface area (Å²) in [5.74, 6) is 2.30. The zero-order valence-corrected chi connectivity index (χ0v) is 25.4. The molecule has 2 aliphatic rings. The van der Waals surface area contributed by atoms with E-state index in [9.17, 15) is 22.2 Å². The van der Waals surface area contributed by atoms with E-state index >= 15 is 0 Å². The highest BCUT2D eigenvalue weighted by molar-refractivity contribution is 7.86. The molecule has 2 fully saturated rings. The van der Waals surface area contributed by atoms with Crippen molar-refractivity contribution in [3.63, 3.8) is 0 Å². The number of aliphatic hydroxyl groups excluding tert-OH is 1. The number of furan rings is 1. The fourth-order valence-electron chi connectivity index (χ4n) is 5.79. The van der Waals surface area contributed by atoms with Crippen LogP contribution in [0.1, 0.15) is 63.4 Å². The Kier molecular flexibility index (Phi) is 9.45. The van der Waals surface area contributed by atoms with Crippen molar-refractivity contribution in [2.45, 2.75) is 62.8 Å². The van der Waals surface area contributed by atoms with E-state index in [1.54, 1.807) is 36.5 Å². The highest BCUT2D eigenvalue weighted by Crippen LogP contribution is 2.41. The summed E-state index contributed by atoms with van der Waals surface area (Å²) in [5, 5.41) is 7.67. The Hall–Kier alpha value is -4.29.